The Morgan fingerprint density at radius 2 is 1.74 bits per heavy atom. The zero-order chi connectivity index (χ0) is 17.4. The molecule has 1 amide bonds. The van der Waals surface area contributed by atoms with E-state index in [0.717, 1.165) is 17.7 Å². The van der Waals surface area contributed by atoms with E-state index in [9.17, 15) is 9.59 Å². The molecule has 1 aromatic rings. The zero-order valence-corrected chi connectivity index (χ0v) is 14.0. The van der Waals surface area contributed by atoms with Gasteiger partial charge in [0.05, 0.1) is 13.0 Å². The highest BCUT2D eigenvalue weighted by molar-refractivity contribution is 5.85. The van der Waals surface area contributed by atoms with Crippen LogP contribution in [-0.2, 0) is 22.6 Å². The number of carboxylic acid groups (broad SMARTS) is 1. The Morgan fingerprint density at radius 1 is 1.17 bits per heavy atom. The molecule has 0 aromatic heterocycles. The molecule has 0 aliphatic carbocycles. The van der Waals surface area contributed by atoms with Gasteiger partial charge in [-0.3, -0.25) is 9.69 Å². The minimum absolute atomic E-state index is 0.120. The zero-order valence-electron chi connectivity index (χ0n) is 14.0. The van der Waals surface area contributed by atoms with Crippen molar-refractivity contribution in [1.29, 1.82) is 0 Å². The van der Waals surface area contributed by atoms with Gasteiger partial charge in [0.1, 0.15) is 6.04 Å². The minimum Gasteiger partial charge on any atom is -0.480 e. The summed E-state index contributed by atoms with van der Waals surface area (Å²) >= 11 is 0. The lowest BCUT2D eigenvalue weighted by Crippen LogP contribution is -2.44. The maximum absolute atomic E-state index is 12.0. The van der Waals surface area contributed by atoms with Crippen molar-refractivity contribution in [2.24, 2.45) is 5.92 Å². The summed E-state index contributed by atoms with van der Waals surface area (Å²) in [5.74, 6) is -1.48. The highest BCUT2D eigenvalue weighted by Crippen LogP contribution is 2.08. The largest absolute Gasteiger partial charge is 0.480 e. The Kier molecular flexibility index (Phi) is 7.71. The first-order valence-electron chi connectivity index (χ1n) is 7.73. The van der Waals surface area contributed by atoms with Crippen LogP contribution in [-0.4, -0.2) is 53.2 Å². The third-order valence-corrected chi connectivity index (χ3v) is 3.57. The highest BCUT2D eigenvalue weighted by Gasteiger charge is 2.23. The lowest BCUT2D eigenvalue weighted by Gasteiger charge is -2.18. The third kappa shape index (κ3) is 6.80. The van der Waals surface area contributed by atoms with Crippen LogP contribution < -0.4 is 5.32 Å². The molecule has 128 valence electrons. The van der Waals surface area contributed by atoms with Gasteiger partial charge in [-0.15, -0.1) is 0 Å². The predicted molar refractivity (Wildman–Crippen MR) is 88.0 cm³/mol. The van der Waals surface area contributed by atoms with E-state index in [-0.39, 0.29) is 24.9 Å². The number of aliphatic carboxylic acids is 1. The number of nitrogens with zero attached hydrogens (tertiary/aromatic N) is 1. The van der Waals surface area contributed by atoms with Crippen LogP contribution in [0.3, 0.4) is 0 Å². The van der Waals surface area contributed by atoms with Crippen molar-refractivity contribution in [3.8, 4) is 0 Å². The molecule has 3 N–H and O–H groups in total. The summed E-state index contributed by atoms with van der Waals surface area (Å²) < 4.78 is 0. The summed E-state index contributed by atoms with van der Waals surface area (Å²) in [5, 5.41) is 20.5. The van der Waals surface area contributed by atoms with Crippen LogP contribution in [0.15, 0.2) is 24.3 Å². The van der Waals surface area contributed by atoms with E-state index in [0.29, 0.717) is 6.54 Å². The van der Waals surface area contributed by atoms with E-state index in [4.69, 9.17) is 10.2 Å². The van der Waals surface area contributed by atoms with Crippen LogP contribution in [0.5, 0.6) is 0 Å². The number of carbonyl (C=O) groups is 2. The maximum Gasteiger partial charge on any atom is 0.326 e. The molecule has 23 heavy (non-hydrogen) atoms. The van der Waals surface area contributed by atoms with E-state index in [1.54, 1.807) is 13.8 Å². The van der Waals surface area contributed by atoms with Crippen LogP contribution in [0.2, 0.25) is 0 Å². The standard InChI is InChI=1S/C17H26N2O4/c1-12(2)16(17(22)23)18-15(21)10-13-4-6-14(7-5-13)11-19(3)8-9-20/h4-7,12,16,20H,8-11H2,1-3H3,(H,18,21)(H,22,23). The number of likely N-dealkylation sites (N-methyl/N-ethyl adjacent to an activating group) is 1. The summed E-state index contributed by atoms with van der Waals surface area (Å²) in [6.07, 6.45) is 0.156. The third-order valence-electron chi connectivity index (χ3n) is 3.57. The fraction of sp³-hybridized carbons (Fsp3) is 0.529. The highest BCUT2D eigenvalue weighted by atomic mass is 16.4. The molecule has 0 aliphatic heterocycles. The minimum atomic E-state index is -1.02. The summed E-state index contributed by atoms with van der Waals surface area (Å²) in [7, 11) is 1.93. The van der Waals surface area contributed by atoms with Gasteiger partial charge in [-0.1, -0.05) is 38.1 Å². The number of rotatable bonds is 9. The molecular weight excluding hydrogens is 296 g/mol. The van der Waals surface area contributed by atoms with Gasteiger partial charge in [0.15, 0.2) is 0 Å². The monoisotopic (exact) mass is 322 g/mol. The second-order valence-corrected chi connectivity index (χ2v) is 6.08. The maximum atomic E-state index is 12.0. The fourth-order valence-corrected chi connectivity index (χ4v) is 2.25. The van der Waals surface area contributed by atoms with Crippen LogP contribution in [0.1, 0.15) is 25.0 Å². The normalized spacial score (nSPS) is 12.4. The lowest BCUT2D eigenvalue weighted by molar-refractivity contribution is -0.143. The van der Waals surface area contributed by atoms with Crippen molar-refractivity contribution >= 4 is 11.9 Å². The van der Waals surface area contributed by atoms with Gasteiger partial charge in [0.25, 0.3) is 0 Å². The van der Waals surface area contributed by atoms with Gasteiger partial charge < -0.3 is 15.5 Å². The molecule has 6 heteroatoms. The fourth-order valence-electron chi connectivity index (χ4n) is 2.25. The van der Waals surface area contributed by atoms with Gasteiger partial charge in [0.2, 0.25) is 5.91 Å². The Balaban J connectivity index is 2.57. The topological polar surface area (TPSA) is 89.9 Å². The average Bonchev–Trinajstić information content (AvgIpc) is 2.46. The molecule has 0 fully saturated rings. The first-order chi connectivity index (χ1) is 10.8. The molecule has 1 atom stereocenters. The van der Waals surface area contributed by atoms with Gasteiger partial charge in [-0.2, -0.15) is 0 Å². The molecule has 6 nitrogen and oxygen atoms in total. The summed E-state index contributed by atoms with van der Waals surface area (Å²) in [6.45, 7) is 4.97. The molecule has 0 saturated heterocycles. The second kappa shape index (κ2) is 9.27. The summed E-state index contributed by atoms with van der Waals surface area (Å²) in [6, 6.07) is 6.75. The van der Waals surface area contributed by atoms with Crippen molar-refractivity contribution < 1.29 is 19.8 Å². The molecular formula is C17H26N2O4. The molecule has 0 heterocycles. The van der Waals surface area contributed by atoms with Crippen LogP contribution >= 0.6 is 0 Å². The Morgan fingerprint density at radius 3 is 2.22 bits per heavy atom. The van der Waals surface area contributed by atoms with E-state index in [2.05, 4.69) is 5.32 Å². The average molecular weight is 322 g/mol. The summed E-state index contributed by atoms with van der Waals surface area (Å²) in [4.78, 5) is 25.1. The number of benzene rings is 1. The van der Waals surface area contributed by atoms with Crippen LogP contribution in [0, 0.1) is 5.92 Å². The molecule has 1 unspecified atom stereocenters. The van der Waals surface area contributed by atoms with Gasteiger partial charge in [0, 0.05) is 13.1 Å². The van der Waals surface area contributed by atoms with Crippen molar-refractivity contribution in [2.45, 2.75) is 32.9 Å². The van der Waals surface area contributed by atoms with Gasteiger partial charge >= 0.3 is 5.97 Å². The molecule has 0 bridgehead atoms. The number of carboxylic acids is 1. The molecule has 0 radical (unpaired) electrons. The van der Waals surface area contributed by atoms with Crippen molar-refractivity contribution in [2.75, 3.05) is 20.2 Å². The van der Waals surface area contributed by atoms with E-state index in [1.807, 2.05) is 36.2 Å². The molecule has 0 saturated carbocycles. The van der Waals surface area contributed by atoms with Gasteiger partial charge in [-0.05, 0) is 24.1 Å². The second-order valence-electron chi connectivity index (χ2n) is 6.08. The van der Waals surface area contributed by atoms with E-state index in [1.165, 1.54) is 0 Å². The smallest absolute Gasteiger partial charge is 0.326 e. The first-order valence-corrected chi connectivity index (χ1v) is 7.73. The molecule has 1 aromatic carbocycles. The van der Waals surface area contributed by atoms with Crippen molar-refractivity contribution in [3.63, 3.8) is 0 Å². The Bertz CT molecular complexity index is 514. The predicted octanol–water partition coefficient (Wildman–Crippen LogP) is 0.879. The summed E-state index contributed by atoms with van der Waals surface area (Å²) in [5.41, 5.74) is 1.93. The number of hydrogen-bond donors (Lipinski definition) is 3. The molecule has 0 aliphatic rings. The van der Waals surface area contributed by atoms with Crippen molar-refractivity contribution in [3.05, 3.63) is 35.4 Å². The number of amides is 1. The SMILES string of the molecule is CC(C)C(NC(=O)Cc1ccc(CN(C)CCO)cc1)C(=O)O. The number of aliphatic hydroxyl groups is 1. The number of nitrogens with one attached hydrogen (secondary N) is 1. The van der Waals surface area contributed by atoms with Gasteiger partial charge in [-0.25, -0.2) is 4.79 Å². The van der Waals surface area contributed by atoms with E-state index >= 15 is 0 Å². The van der Waals surface area contributed by atoms with Crippen LogP contribution in [0.4, 0.5) is 0 Å². The number of aliphatic hydroxyl groups excluding tert-OH is 1. The molecule has 1 rings (SSSR count). The quantitative estimate of drug-likeness (QED) is 0.628. The Labute approximate surface area is 137 Å². The Hall–Kier alpha value is -1.92. The lowest BCUT2D eigenvalue weighted by atomic mass is 10.0. The van der Waals surface area contributed by atoms with Crippen LogP contribution in [0.25, 0.3) is 0 Å². The first kappa shape index (κ1) is 19.1. The number of hydrogen-bond acceptors (Lipinski definition) is 4. The van der Waals surface area contributed by atoms with Crippen molar-refractivity contribution in [1.82, 2.24) is 10.2 Å². The molecule has 0 spiro atoms. The number of carbonyl (C=O) groups excluding carboxylic acids is 1. The van der Waals surface area contributed by atoms with E-state index < -0.39 is 12.0 Å².